The number of hydrogen-bond acceptors (Lipinski definition) is 7. The maximum Gasteiger partial charge on any atom is 0.273 e. The first-order valence-electron chi connectivity index (χ1n) is 14.7. The molecule has 1 aromatic carbocycles. The average Bonchev–Trinajstić information content (AvgIpc) is 3.75. The van der Waals surface area contributed by atoms with E-state index in [-0.39, 0.29) is 40.2 Å². The first-order chi connectivity index (χ1) is 19.8. The van der Waals surface area contributed by atoms with Crippen LogP contribution in [0.2, 0.25) is 0 Å². The van der Waals surface area contributed by atoms with Gasteiger partial charge in [0.25, 0.3) is 17.7 Å². The average molecular weight is 578 g/mol. The summed E-state index contributed by atoms with van der Waals surface area (Å²) in [6, 6.07) is 10.0. The molecule has 3 amide bonds. The maximum absolute atomic E-state index is 14.4. The molecule has 0 unspecified atom stereocenters. The van der Waals surface area contributed by atoms with Crippen LogP contribution in [0.5, 0.6) is 0 Å². The lowest BCUT2D eigenvalue weighted by Crippen LogP contribution is -2.46. The Kier molecular flexibility index (Phi) is 9.07. The topological polar surface area (TPSA) is 131 Å². The van der Waals surface area contributed by atoms with Crippen molar-refractivity contribution in [1.29, 1.82) is 0 Å². The van der Waals surface area contributed by atoms with Crippen molar-refractivity contribution in [3.05, 3.63) is 64.6 Å². The first kappa shape index (κ1) is 28.9. The summed E-state index contributed by atoms with van der Waals surface area (Å²) in [4.78, 5) is 42.8. The standard InChI is InChI=1S/C31H39N5O4S/c1-19(2)20-14-16-23(17-15-20)36(27(24-13-8-18-40-24)30(38)34-22-11-6-7-12-22)31(39)28-25(32)26(35-41-28)29(37)33-21-9-4-3-5-10-21/h8,13-19,21-22,27H,3-7,9-12,32H2,1-2H3,(H,33,37)(H,34,38)/t27-/m0/s1. The molecule has 2 fully saturated rings. The second kappa shape index (κ2) is 12.9. The molecule has 2 aliphatic carbocycles. The Morgan fingerprint density at radius 3 is 2.20 bits per heavy atom. The van der Waals surface area contributed by atoms with Crippen LogP contribution in [0.4, 0.5) is 11.4 Å². The molecule has 4 N–H and O–H groups in total. The molecule has 2 aromatic heterocycles. The van der Waals surface area contributed by atoms with E-state index in [0.29, 0.717) is 17.4 Å². The molecule has 10 heteroatoms. The summed E-state index contributed by atoms with van der Waals surface area (Å²) in [7, 11) is 0. The van der Waals surface area contributed by atoms with E-state index in [1.807, 2.05) is 24.3 Å². The third-order valence-electron chi connectivity index (χ3n) is 8.16. The number of carbonyl (C=O) groups excluding carboxylic acids is 3. The van der Waals surface area contributed by atoms with Gasteiger partial charge in [0.05, 0.1) is 12.0 Å². The predicted molar refractivity (Wildman–Crippen MR) is 160 cm³/mol. The van der Waals surface area contributed by atoms with Crippen LogP contribution in [-0.4, -0.2) is 34.2 Å². The van der Waals surface area contributed by atoms with Crippen LogP contribution in [-0.2, 0) is 4.79 Å². The summed E-state index contributed by atoms with van der Waals surface area (Å²) in [6.07, 6.45) is 10.5. The van der Waals surface area contributed by atoms with Crippen molar-refractivity contribution in [1.82, 2.24) is 15.0 Å². The highest BCUT2D eigenvalue weighted by molar-refractivity contribution is 7.09. The van der Waals surface area contributed by atoms with Crippen LogP contribution in [0.1, 0.15) is 115 Å². The van der Waals surface area contributed by atoms with Crippen molar-refractivity contribution in [2.75, 3.05) is 10.6 Å². The van der Waals surface area contributed by atoms with Crippen molar-refractivity contribution >= 4 is 40.6 Å². The molecule has 0 radical (unpaired) electrons. The second-order valence-electron chi connectivity index (χ2n) is 11.4. The van der Waals surface area contributed by atoms with Crippen LogP contribution in [0.3, 0.4) is 0 Å². The van der Waals surface area contributed by atoms with Gasteiger partial charge in [-0.05, 0) is 73.0 Å². The number of amides is 3. The van der Waals surface area contributed by atoms with E-state index in [2.05, 4.69) is 28.9 Å². The highest BCUT2D eigenvalue weighted by Gasteiger charge is 2.38. The number of nitrogens with one attached hydrogen (secondary N) is 2. The number of anilines is 2. The van der Waals surface area contributed by atoms with Crippen molar-refractivity contribution < 1.29 is 18.8 Å². The van der Waals surface area contributed by atoms with Gasteiger partial charge < -0.3 is 20.8 Å². The van der Waals surface area contributed by atoms with E-state index in [4.69, 9.17) is 10.2 Å². The van der Waals surface area contributed by atoms with Crippen LogP contribution in [0.15, 0.2) is 47.1 Å². The molecular weight excluding hydrogens is 538 g/mol. The van der Waals surface area contributed by atoms with Gasteiger partial charge in [-0.2, -0.15) is 4.37 Å². The summed E-state index contributed by atoms with van der Waals surface area (Å²) in [5.41, 5.74) is 8.12. The van der Waals surface area contributed by atoms with Gasteiger partial charge in [0.1, 0.15) is 10.6 Å². The summed E-state index contributed by atoms with van der Waals surface area (Å²) in [5, 5.41) is 6.17. The number of aromatic nitrogens is 1. The molecule has 1 atom stereocenters. The monoisotopic (exact) mass is 577 g/mol. The van der Waals surface area contributed by atoms with Crippen molar-refractivity contribution in [3.8, 4) is 0 Å². The molecular formula is C31H39N5O4S. The SMILES string of the molecule is CC(C)c1ccc(N(C(=O)c2snc(C(=O)NC3CCCCC3)c2N)[C@H](C(=O)NC2CCCC2)c2ccco2)cc1. The first-order valence-corrected chi connectivity index (χ1v) is 15.4. The Morgan fingerprint density at radius 1 is 0.951 bits per heavy atom. The molecule has 0 bridgehead atoms. The Bertz CT molecular complexity index is 1340. The number of rotatable bonds is 9. The van der Waals surface area contributed by atoms with Crippen LogP contribution in [0.25, 0.3) is 0 Å². The Labute approximate surface area is 245 Å². The molecule has 3 aromatic rings. The van der Waals surface area contributed by atoms with E-state index in [9.17, 15) is 14.4 Å². The number of furan rings is 1. The van der Waals surface area contributed by atoms with Gasteiger partial charge in [-0.1, -0.05) is 58.1 Å². The lowest BCUT2D eigenvalue weighted by atomic mass is 9.95. The summed E-state index contributed by atoms with van der Waals surface area (Å²) < 4.78 is 10.0. The van der Waals surface area contributed by atoms with Gasteiger partial charge in [0.2, 0.25) is 0 Å². The number of nitrogens with two attached hydrogens (primary N) is 1. The molecule has 0 spiro atoms. The van der Waals surface area contributed by atoms with E-state index >= 15 is 0 Å². The normalized spacial score (nSPS) is 17.0. The fraction of sp³-hybridized carbons (Fsp3) is 0.484. The smallest absolute Gasteiger partial charge is 0.273 e. The van der Waals surface area contributed by atoms with E-state index in [0.717, 1.165) is 68.5 Å². The number of benzene rings is 1. The number of carbonyl (C=O) groups is 3. The molecule has 2 heterocycles. The van der Waals surface area contributed by atoms with Gasteiger partial charge in [-0.15, -0.1) is 0 Å². The zero-order chi connectivity index (χ0) is 28.9. The Hall–Kier alpha value is -3.66. The molecule has 9 nitrogen and oxygen atoms in total. The minimum absolute atomic E-state index is 0.0199. The van der Waals surface area contributed by atoms with Crippen molar-refractivity contribution in [2.45, 2.75) is 95.7 Å². The molecule has 2 aliphatic rings. The summed E-state index contributed by atoms with van der Waals surface area (Å²) in [5.74, 6) is -0.593. The van der Waals surface area contributed by atoms with Gasteiger partial charge >= 0.3 is 0 Å². The van der Waals surface area contributed by atoms with Crippen LogP contribution < -0.4 is 21.3 Å². The largest absolute Gasteiger partial charge is 0.467 e. The number of hydrogen-bond donors (Lipinski definition) is 3. The number of nitrogens with zero attached hydrogens (tertiary/aromatic N) is 2. The van der Waals surface area contributed by atoms with E-state index in [1.54, 1.807) is 12.1 Å². The second-order valence-corrected chi connectivity index (χ2v) is 12.2. The lowest BCUT2D eigenvalue weighted by molar-refractivity contribution is -0.123. The van der Waals surface area contributed by atoms with Crippen molar-refractivity contribution in [2.24, 2.45) is 0 Å². The van der Waals surface area contributed by atoms with E-state index < -0.39 is 11.9 Å². The molecule has 2 saturated carbocycles. The highest BCUT2D eigenvalue weighted by Crippen LogP contribution is 2.35. The van der Waals surface area contributed by atoms with E-state index in [1.165, 1.54) is 17.6 Å². The molecule has 5 rings (SSSR count). The molecule has 0 aliphatic heterocycles. The van der Waals surface area contributed by atoms with Crippen LogP contribution in [0, 0.1) is 0 Å². The number of nitrogen functional groups attached to an aromatic ring is 1. The minimum atomic E-state index is -1.08. The van der Waals surface area contributed by atoms with Gasteiger partial charge in [0.15, 0.2) is 11.7 Å². The molecule has 0 saturated heterocycles. The Balaban J connectivity index is 1.51. The molecule has 41 heavy (non-hydrogen) atoms. The lowest BCUT2D eigenvalue weighted by Gasteiger charge is -2.30. The minimum Gasteiger partial charge on any atom is -0.467 e. The zero-order valence-electron chi connectivity index (χ0n) is 23.7. The third-order valence-corrected chi connectivity index (χ3v) is 9.01. The van der Waals surface area contributed by atoms with Crippen molar-refractivity contribution in [3.63, 3.8) is 0 Å². The fourth-order valence-corrected chi connectivity index (χ4v) is 6.53. The molecule has 218 valence electrons. The highest BCUT2D eigenvalue weighted by atomic mass is 32.1. The summed E-state index contributed by atoms with van der Waals surface area (Å²) in [6.45, 7) is 4.19. The van der Waals surface area contributed by atoms with Gasteiger partial charge in [-0.25, -0.2) is 0 Å². The predicted octanol–water partition coefficient (Wildman–Crippen LogP) is 5.95. The van der Waals surface area contributed by atoms with Gasteiger partial charge in [0, 0.05) is 17.8 Å². The quantitative estimate of drug-likeness (QED) is 0.288. The summed E-state index contributed by atoms with van der Waals surface area (Å²) >= 11 is 0.876. The third kappa shape index (κ3) is 6.48. The van der Waals surface area contributed by atoms with Crippen LogP contribution >= 0.6 is 11.5 Å². The van der Waals surface area contributed by atoms with Gasteiger partial charge in [-0.3, -0.25) is 19.3 Å². The zero-order valence-corrected chi connectivity index (χ0v) is 24.5. The maximum atomic E-state index is 14.4. The Morgan fingerprint density at radius 2 is 1.59 bits per heavy atom. The fourth-order valence-electron chi connectivity index (χ4n) is 5.80.